The highest BCUT2D eigenvalue weighted by Gasteiger charge is 2.30. The summed E-state index contributed by atoms with van der Waals surface area (Å²) >= 11 is 0. The van der Waals surface area contributed by atoms with Gasteiger partial charge in [0.2, 0.25) is 0 Å². The van der Waals surface area contributed by atoms with Gasteiger partial charge >= 0.3 is 6.18 Å². The van der Waals surface area contributed by atoms with Crippen molar-refractivity contribution in [1.29, 1.82) is 0 Å². The molecule has 0 aromatic heterocycles. The highest BCUT2D eigenvalue weighted by molar-refractivity contribution is 14.0. The molecule has 0 bridgehead atoms. The lowest BCUT2D eigenvalue weighted by atomic mass is 10.2. The summed E-state index contributed by atoms with van der Waals surface area (Å²) in [6.07, 6.45) is -3.06. The van der Waals surface area contributed by atoms with Crippen LogP contribution in [0.1, 0.15) is 20.3 Å². The van der Waals surface area contributed by atoms with Gasteiger partial charge in [-0.3, -0.25) is 14.8 Å². The zero-order valence-corrected chi connectivity index (χ0v) is 17.4. The second-order valence-electron chi connectivity index (χ2n) is 5.94. The Hall–Kier alpha value is -0.290. The molecule has 0 aromatic rings. The van der Waals surface area contributed by atoms with Crippen LogP contribution in [0.4, 0.5) is 13.2 Å². The van der Waals surface area contributed by atoms with Crippen LogP contribution in [0.5, 0.6) is 0 Å². The van der Waals surface area contributed by atoms with Crippen molar-refractivity contribution in [1.82, 2.24) is 20.0 Å². The van der Waals surface area contributed by atoms with Gasteiger partial charge in [-0.15, -0.1) is 24.0 Å². The lowest BCUT2D eigenvalue weighted by Gasteiger charge is -2.27. The van der Waals surface area contributed by atoms with Crippen LogP contribution in [0.2, 0.25) is 0 Å². The van der Waals surface area contributed by atoms with Gasteiger partial charge < -0.3 is 10.2 Å². The van der Waals surface area contributed by atoms with Gasteiger partial charge in [0, 0.05) is 39.3 Å². The first-order valence-electron chi connectivity index (χ1n) is 8.25. The molecule has 0 radical (unpaired) electrons. The number of rotatable bonds is 7. The second-order valence-corrected chi connectivity index (χ2v) is 5.94. The van der Waals surface area contributed by atoms with Crippen molar-refractivity contribution >= 4 is 29.9 Å². The number of hydrogen-bond acceptors (Lipinski definition) is 3. The van der Waals surface area contributed by atoms with Crippen molar-refractivity contribution in [3.63, 3.8) is 0 Å². The van der Waals surface area contributed by atoms with E-state index in [4.69, 9.17) is 0 Å². The van der Waals surface area contributed by atoms with E-state index in [1.54, 1.807) is 7.05 Å². The molecule has 0 amide bonds. The van der Waals surface area contributed by atoms with Gasteiger partial charge in [0.1, 0.15) is 0 Å². The zero-order chi connectivity index (χ0) is 17.5. The fraction of sp³-hybridized carbons (Fsp3) is 0.933. The summed E-state index contributed by atoms with van der Waals surface area (Å²) in [7, 11) is 3.19. The largest absolute Gasteiger partial charge is 0.401 e. The Morgan fingerprint density at radius 3 is 2.42 bits per heavy atom. The number of likely N-dealkylation sites (tertiary alicyclic amines) is 1. The van der Waals surface area contributed by atoms with Crippen LogP contribution >= 0.6 is 24.0 Å². The van der Waals surface area contributed by atoms with E-state index in [2.05, 4.69) is 34.0 Å². The summed E-state index contributed by atoms with van der Waals surface area (Å²) < 4.78 is 36.9. The summed E-state index contributed by atoms with van der Waals surface area (Å²) in [4.78, 5) is 10.1. The second kappa shape index (κ2) is 11.3. The Morgan fingerprint density at radius 2 is 1.92 bits per heavy atom. The van der Waals surface area contributed by atoms with E-state index in [1.807, 2.05) is 0 Å². The van der Waals surface area contributed by atoms with Gasteiger partial charge in [-0.25, -0.2) is 0 Å². The third-order valence-electron chi connectivity index (χ3n) is 4.23. The first-order valence-corrected chi connectivity index (χ1v) is 8.25. The van der Waals surface area contributed by atoms with Crippen LogP contribution < -0.4 is 5.32 Å². The predicted molar refractivity (Wildman–Crippen MR) is 103 cm³/mol. The minimum atomic E-state index is -4.15. The molecule has 1 fully saturated rings. The molecule has 0 aliphatic carbocycles. The van der Waals surface area contributed by atoms with Gasteiger partial charge in [-0.1, -0.05) is 13.8 Å². The average molecular weight is 465 g/mol. The van der Waals surface area contributed by atoms with Crippen LogP contribution in [-0.4, -0.2) is 92.8 Å². The molecule has 1 atom stereocenters. The van der Waals surface area contributed by atoms with Crippen molar-refractivity contribution in [3.05, 3.63) is 0 Å². The fourth-order valence-corrected chi connectivity index (χ4v) is 3.05. The number of halogens is 4. The van der Waals surface area contributed by atoms with E-state index in [0.717, 1.165) is 38.6 Å². The summed E-state index contributed by atoms with van der Waals surface area (Å²) in [5, 5.41) is 3.17. The number of alkyl halides is 3. The Labute approximate surface area is 160 Å². The van der Waals surface area contributed by atoms with E-state index < -0.39 is 12.7 Å². The lowest BCUT2D eigenvalue weighted by molar-refractivity contribution is -0.142. The van der Waals surface area contributed by atoms with Crippen molar-refractivity contribution in [3.8, 4) is 0 Å². The van der Waals surface area contributed by atoms with Crippen LogP contribution in [0.25, 0.3) is 0 Å². The third kappa shape index (κ3) is 8.19. The summed E-state index contributed by atoms with van der Waals surface area (Å²) in [5.41, 5.74) is 0. The van der Waals surface area contributed by atoms with Crippen LogP contribution in [0, 0.1) is 0 Å². The molecule has 1 heterocycles. The summed E-state index contributed by atoms with van der Waals surface area (Å²) in [6.45, 7) is 8.12. The molecule has 1 aliphatic rings. The Morgan fingerprint density at radius 1 is 1.29 bits per heavy atom. The number of nitrogens with zero attached hydrogens (tertiary/aromatic N) is 4. The van der Waals surface area contributed by atoms with Crippen LogP contribution in [0.15, 0.2) is 4.99 Å². The molecular formula is C15H31F3IN5. The molecule has 1 aliphatic heterocycles. The van der Waals surface area contributed by atoms with Crippen molar-refractivity contribution < 1.29 is 13.2 Å². The quantitative estimate of drug-likeness (QED) is 0.355. The number of guanidine groups is 1. The Kier molecular flexibility index (Phi) is 11.2. The van der Waals surface area contributed by atoms with Gasteiger partial charge in [0.25, 0.3) is 0 Å². The number of nitrogens with one attached hydrogen (secondary N) is 1. The fourth-order valence-electron chi connectivity index (χ4n) is 3.05. The van der Waals surface area contributed by atoms with E-state index in [9.17, 15) is 13.2 Å². The Balaban J connectivity index is 0.00000529. The molecular weight excluding hydrogens is 434 g/mol. The standard InChI is InChI=1S/C15H30F3N5.HI/c1-5-22(6-2)13-7-9-23(11-13)14(19-3)20-8-10-21(4)12-15(16,17)18;/h13H,5-12H2,1-4H3,(H,19,20);1H. The Bertz CT molecular complexity index is 375. The minimum Gasteiger partial charge on any atom is -0.355 e. The van der Waals surface area contributed by atoms with Crippen LogP contribution in [0.3, 0.4) is 0 Å². The summed E-state index contributed by atoms with van der Waals surface area (Å²) in [5.74, 6) is 0.778. The van der Waals surface area contributed by atoms with Crippen molar-refractivity contribution in [2.24, 2.45) is 4.99 Å². The van der Waals surface area contributed by atoms with Crippen molar-refractivity contribution in [2.75, 3.05) is 59.9 Å². The molecule has 0 aromatic carbocycles. The van der Waals surface area contributed by atoms with Gasteiger partial charge in [-0.2, -0.15) is 13.2 Å². The van der Waals surface area contributed by atoms with Crippen LogP contribution in [-0.2, 0) is 0 Å². The maximum atomic E-state index is 12.3. The molecule has 9 heteroatoms. The topological polar surface area (TPSA) is 34.1 Å². The first-order chi connectivity index (χ1) is 10.8. The average Bonchev–Trinajstić information content (AvgIpc) is 2.92. The van der Waals surface area contributed by atoms with Crippen molar-refractivity contribution in [2.45, 2.75) is 32.5 Å². The third-order valence-corrected chi connectivity index (χ3v) is 4.23. The number of hydrogen-bond donors (Lipinski definition) is 1. The highest BCUT2D eigenvalue weighted by atomic mass is 127. The smallest absolute Gasteiger partial charge is 0.355 e. The number of likely N-dealkylation sites (N-methyl/N-ethyl adjacent to an activating group) is 2. The zero-order valence-electron chi connectivity index (χ0n) is 15.1. The molecule has 1 saturated heterocycles. The maximum Gasteiger partial charge on any atom is 0.401 e. The van der Waals surface area contributed by atoms with Gasteiger partial charge in [-0.05, 0) is 26.6 Å². The monoisotopic (exact) mass is 465 g/mol. The molecule has 1 unspecified atom stereocenters. The normalized spacial score (nSPS) is 19.1. The summed E-state index contributed by atoms with van der Waals surface area (Å²) in [6, 6.07) is 0.524. The van der Waals surface area contributed by atoms with E-state index in [1.165, 1.54) is 11.9 Å². The molecule has 0 spiro atoms. The van der Waals surface area contributed by atoms with E-state index >= 15 is 0 Å². The molecule has 5 nitrogen and oxygen atoms in total. The molecule has 1 rings (SSSR count). The van der Waals surface area contributed by atoms with E-state index in [0.29, 0.717) is 19.1 Å². The lowest BCUT2D eigenvalue weighted by Crippen LogP contribution is -2.45. The SMILES string of the molecule is CCN(CC)C1CCN(C(=NC)NCCN(C)CC(F)(F)F)C1.I. The molecule has 1 N–H and O–H groups in total. The first kappa shape index (κ1) is 23.7. The highest BCUT2D eigenvalue weighted by Crippen LogP contribution is 2.16. The molecule has 0 saturated carbocycles. The molecule has 24 heavy (non-hydrogen) atoms. The van der Waals surface area contributed by atoms with Gasteiger partial charge in [0.15, 0.2) is 5.96 Å². The minimum absolute atomic E-state index is 0. The van der Waals surface area contributed by atoms with E-state index in [-0.39, 0.29) is 24.0 Å². The predicted octanol–water partition coefficient (Wildman–Crippen LogP) is 2.09. The van der Waals surface area contributed by atoms with Gasteiger partial charge in [0.05, 0.1) is 6.54 Å². The number of aliphatic imine (C=N–C) groups is 1. The maximum absolute atomic E-state index is 12.3. The molecule has 144 valence electrons.